The molecule has 2 rings (SSSR count). The predicted molar refractivity (Wildman–Crippen MR) is 95.5 cm³/mol. The van der Waals surface area contributed by atoms with Crippen molar-refractivity contribution in [1.82, 2.24) is 9.88 Å². The van der Waals surface area contributed by atoms with Gasteiger partial charge in [0.05, 0.1) is 17.2 Å². The molecule has 0 aliphatic heterocycles. The molecule has 0 aromatic carbocycles. The summed E-state index contributed by atoms with van der Waals surface area (Å²) in [6.45, 7) is 5.58. The van der Waals surface area contributed by atoms with E-state index in [-0.39, 0.29) is 12.1 Å². The molecule has 1 aliphatic rings. The van der Waals surface area contributed by atoms with Crippen LogP contribution < -0.4 is 0 Å². The van der Waals surface area contributed by atoms with E-state index in [0.717, 1.165) is 23.0 Å². The summed E-state index contributed by atoms with van der Waals surface area (Å²) < 4.78 is 6.33. The fourth-order valence-electron chi connectivity index (χ4n) is 3.05. The molecule has 1 aromatic heterocycles. The van der Waals surface area contributed by atoms with Crippen molar-refractivity contribution in [1.29, 1.82) is 5.26 Å². The number of hydrogen-bond acceptors (Lipinski definition) is 4. The first-order chi connectivity index (χ1) is 11.2. The van der Waals surface area contributed by atoms with Crippen LogP contribution in [0.3, 0.4) is 0 Å². The van der Waals surface area contributed by atoms with Gasteiger partial charge in [-0.15, -0.1) is 0 Å². The highest BCUT2D eigenvalue weighted by atomic mass is 79.9. The Hall–Kier alpha value is -1.61. The first-order valence-electron chi connectivity index (χ1n) is 8.16. The lowest BCUT2D eigenvalue weighted by molar-refractivity contribution is 0.0172. The Kier molecular flexibility index (Phi) is 5.54. The number of nitrogens with zero attached hydrogens (tertiary/aromatic N) is 3. The summed E-state index contributed by atoms with van der Waals surface area (Å²) in [5.41, 5.74) is -0.254. The number of carbonyl (C=O) groups excluding carboxylic acids is 1. The number of aromatic nitrogens is 1. The van der Waals surface area contributed by atoms with Gasteiger partial charge in [0.2, 0.25) is 0 Å². The zero-order valence-electron chi connectivity index (χ0n) is 14.7. The Labute approximate surface area is 152 Å². The van der Waals surface area contributed by atoms with Gasteiger partial charge in [-0.1, -0.05) is 0 Å². The van der Waals surface area contributed by atoms with E-state index in [1.807, 2.05) is 32.9 Å². The van der Waals surface area contributed by atoms with Crippen molar-refractivity contribution in [2.24, 2.45) is 0 Å². The summed E-state index contributed by atoms with van der Waals surface area (Å²) in [5, 5.41) is 9.74. The van der Waals surface area contributed by atoms with Crippen molar-refractivity contribution in [3.05, 3.63) is 28.5 Å². The lowest BCUT2D eigenvalue weighted by Gasteiger charge is -2.38. The lowest BCUT2D eigenvalue weighted by atomic mass is 9.71. The van der Waals surface area contributed by atoms with E-state index in [1.165, 1.54) is 0 Å². The molecule has 1 amide bonds. The highest BCUT2D eigenvalue weighted by Gasteiger charge is 2.40. The maximum absolute atomic E-state index is 12.2. The summed E-state index contributed by atoms with van der Waals surface area (Å²) >= 11 is 3.37. The van der Waals surface area contributed by atoms with Crippen molar-refractivity contribution in [2.75, 3.05) is 7.05 Å². The van der Waals surface area contributed by atoms with Crippen LogP contribution in [0.1, 0.15) is 52.1 Å². The van der Waals surface area contributed by atoms with Crippen LogP contribution >= 0.6 is 15.9 Å². The molecular weight excluding hydrogens is 370 g/mol. The SMILES string of the molecule is CN(C(=O)OC(C)(C)C)C1CCC(C#N)(c2ccc(Br)cn2)CC1. The Morgan fingerprint density at radius 1 is 1.42 bits per heavy atom. The molecule has 1 aliphatic carbocycles. The third kappa shape index (κ3) is 4.27. The van der Waals surface area contributed by atoms with E-state index >= 15 is 0 Å². The minimum absolute atomic E-state index is 0.0942. The van der Waals surface area contributed by atoms with E-state index in [4.69, 9.17) is 4.74 Å². The molecule has 0 N–H and O–H groups in total. The van der Waals surface area contributed by atoms with Gasteiger partial charge in [0.25, 0.3) is 0 Å². The van der Waals surface area contributed by atoms with Crippen molar-refractivity contribution in [3.8, 4) is 6.07 Å². The van der Waals surface area contributed by atoms with Crippen molar-refractivity contribution in [3.63, 3.8) is 0 Å². The Morgan fingerprint density at radius 2 is 2.04 bits per heavy atom. The second-order valence-corrected chi connectivity index (χ2v) is 8.29. The highest BCUT2D eigenvalue weighted by Crippen LogP contribution is 2.39. The van der Waals surface area contributed by atoms with Crippen LogP contribution in [0, 0.1) is 11.3 Å². The highest BCUT2D eigenvalue weighted by molar-refractivity contribution is 9.10. The van der Waals surface area contributed by atoms with E-state index in [0.29, 0.717) is 12.8 Å². The Balaban J connectivity index is 2.05. The molecule has 0 spiro atoms. The predicted octanol–water partition coefficient (Wildman–Crippen LogP) is 4.41. The van der Waals surface area contributed by atoms with Crippen molar-refractivity contribution in [2.45, 2.75) is 63.5 Å². The van der Waals surface area contributed by atoms with Crippen LogP contribution in [-0.4, -0.2) is 34.7 Å². The number of pyridine rings is 1. The molecule has 1 heterocycles. The number of nitriles is 1. The summed E-state index contributed by atoms with van der Waals surface area (Å²) in [6.07, 6.45) is 4.33. The second kappa shape index (κ2) is 7.10. The normalized spacial score (nSPS) is 24.1. The molecule has 1 aromatic rings. The largest absolute Gasteiger partial charge is 0.444 e. The van der Waals surface area contributed by atoms with Gasteiger partial charge in [0.1, 0.15) is 5.60 Å². The Morgan fingerprint density at radius 3 is 2.50 bits per heavy atom. The average Bonchev–Trinajstić information content (AvgIpc) is 2.53. The summed E-state index contributed by atoms with van der Waals surface area (Å²) in [4.78, 5) is 18.3. The number of ether oxygens (including phenoxy) is 1. The minimum Gasteiger partial charge on any atom is -0.444 e. The zero-order chi connectivity index (χ0) is 18.0. The molecule has 0 atom stereocenters. The van der Waals surface area contributed by atoms with Gasteiger partial charge >= 0.3 is 6.09 Å². The van der Waals surface area contributed by atoms with E-state index in [9.17, 15) is 10.1 Å². The molecule has 1 saturated carbocycles. The number of hydrogen-bond donors (Lipinski definition) is 0. The molecule has 0 saturated heterocycles. The van der Waals surface area contributed by atoms with Crippen LogP contribution in [0.2, 0.25) is 0 Å². The van der Waals surface area contributed by atoms with Crippen LogP contribution in [0.5, 0.6) is 0 Å². The smallest absolute Gasteiger partial charge is 0.410 e. The van der Waals surface area contributed by atoms with E-state index in [2.05, 4.69) is 27.0 Å². The van der Waals surface area contributed by atoms with Crippen molar-refractivity contribution >= 4 is 22.0 Å². The topological polar surface area (TPSA) is 66.2 Å². The molecule has 5 nitrogen and oxygen atoms in total. The molecule has 0 radical (unpaired) electrons. The third-order valence-electron chi connectivity index (χ3n) is 4.47. The molecule has 130 valence electrons. The number of rotatable bonds is 2. The van der Waals surface area contributed by atoms with Gasteiger partial charge in [0, 0.05) is 23.8 Å². The fourth-order valence-corrected chi connectivity index (χ4v) is 3.28. The van der Waals surface area contributed by atoms with Crippen LogP contribution in [0.15, 0.2) is 22.8 Å². The molecule has 6 heteroatoms. The number of amides is 1. The van der Waals surface area contributed by atoms with Gasteiger partial charge in [-0.2, -0.15) is 5.26 Å². The fraction of sp³-hybridized carbons (Fsp3) is 0.611. The summed E-state index contributed by atoms with van der Waals surface area (Å²) in [5.74, 6) is 0. The standard InChI is InChI=1S/C18H24BrN3O2/c1-17(2,3)24-16(23)22(4)14-7-9-18(12-20,10-8-14)15-6-5-13(19)11-21-15/h5-6,11,14H,7-10H2,1-4H3. The molecular formula is C18H24BrN3O2. The van der Waals surface area contributed by atoms with Crippen LogP contribution in [0.25, 0.3) is 0 Å². The second-order valence-electron chi connectivity index (χ2n) is 7.38. The lowest BCUT2D eigenvalue weighted by Crippen LogP contribution is -2.45. The number of halogens is 1. The van der Waals surface area contributed by atoms with Gasteiger partial charge in [-0.25, -0.2) is 4.79 Å². The first-order valence-corrected chi connectivity index (χ1v) is 8.95. The van der Waals surface area contributed by atoms with Gasteiger partial charge in [0.15, 0.2) is 0 Å². The molecule has 0 bridgehead atoms. The monoisotopic (exact) mass is 393 g/mol. The third-order valence-corrected chi connectivity index (χ3v) is 4.94. The average molecular weight is 394 g/mol. The maximum atomic E-state index is 12.2. The van der Waals surface area contributed by atoms with Crippen molar-refractivity contribution < 1.29 is 9.53 Å². The molecule has 1 fully saturated rings. The van der Waals surface area contributed by atoms with Gasteiger partial charge in [-0.3, -0.25) is 4.98 Å². The zero-order valence-corrected chi connectivity index (χ0v) is 16.3. The van der Waals surface area contributed by atoms with Gasteiger partial charge < -0.3 is 9.64 Å². The van der Waals surface area contributed by atoms with E-state index < -0.39 is 11.0 Å². The van der Waals surface area contributed by atoms with E-state index in [1.54, 1.807) is 18.1 Å². The van der Waals surface area contributed by atoms with Crippen LogP contribution in [-0.2, 0) is 10.2 Å². The quantitative estimate of drug-likeness (QED) is 0.745. The number of carbonyl (C=O) groups is 1. The summed E-state index contributed by atoms with van der Waals surface area (Å²) in [6, 6.07) is 6.39. The van der Waals surface area contributed by atoms with Gasteiger partial charge in [-0.05, 0) is 74.5 Å². The molecule has 24 heavy (non-hydrogen) atoms. The summed E-state index contributed by atoms with van der Waals surface area (Å²) in [7, 11) is 1.77. The first kappa shape index (κ1) is 18.7. The molecule has 0 unspecified atom stereocenters. The maximum Gasteiger partial charge on any atom is 0.410 e. The minimum atomic E-state index is -0.564. The van der Waals surface area contributed by atoms with Crippen LogP contribution in [0.4, 0.5) is 4.79 Å². The Bertz CT molecular complexity index is 623.